The molecule has 3 rings (SSSR count). The van der Waals surface area contributed by atoms with E-state index in [1.54, 1.807) is 38.3 Å². The molecule has 0 saturated carbocycles. The number of hydrogen-bond acceptors (Lipinski definition) is 4. The van der Waals surface area contributed by atoms with Crippen LogP contribution in [0, 0.1) is 13.8 Å². The van der Waals surface area contributed by atoms with Gasteiger partial charge in [0, 0.05) is 12.2 Å². The second-order valence-electron chi connectivity index (χ2n) is 6.28. The van der Waals surface area contributed by atoms with Gasteiger partial charge in [0.2, 0.25) is 0 Å². The topological polar surface area (TPSA) is 58.6 Å². The molecule has 0 spiro atoms. The van der Waals surface area contributed by atoms with Crippen molar-refractivity contribution in [1.82, 2.24) is 4.90 Å². The third-order valence-corrected chi connectivity index (χ3v) is 4.52. The van der Waals surface area contributed by atoms with Crippen molar-refractivity contribution < 1.29 is 14.3 Å². The predicted molar refractivity (Wildman–Crippen MR) is 102 cm³/mol. The number of nitrogens with zero attached hydrogens (tertiary/aromatic N) is 1. The summed E-state index contributed by atoms with van der Waals surface area (Å²) in [6.45, 7) is 6.08. The van der Waals surface area contributed by atoms with Gasteiger partial charge in [0.1, 0.15) is 11.4 Å². The third-order valence-electron chi connectivity index (χ3n) is 4.52. The molecule has 0 radical (unpaired) electrons. The standard InChI is InChI=1S/C21H22N2O3/c1-5-23-20(24)18(15-8-10-16(26-4)11-9-15)19(21(23)25)22-17-12-13(2)6-7-14(17)3/h6-12,22H,5H2,1-4H3. The summed E-state index contributed by atoms with van der Waals surface area (Å²) >= 11 is 0. The molecular weight excluding hydrogens is 328 g/mol. The molecule has 2 aromatic rings. The van der Waals surface area contributed by atoms with E-state index in [2.05, 4.69) is 5.32 Å². The van der Waals surface area contributed by atoms with E-state index in [4.69, 9.17) is 4.74 Å². The molecule has 1 heterocycles. The summed E-state index contributed by atoms with van der Waals surface area (Å²) in [5.74, 6) is 0.113. The Morgan fingerprint density at radius 2 is 1.69 bits per heavy atom. The fourth-order valence-corrected chi connectivity index (χ4v) is 3.01. The Morgan fingerprint density at radius 3 is 2.31 bits per heavy atom. The number of hydrogen-bond donors (Lipinski definition) is 1. The van der Waals surface area contributed by atoms with Crippen LogP contribution in [0.2, 0.25) is 0 Å². The summed E-state index contributed by atoms with van der Waals surface area (Å²) in [4.78, 5) is 26.9. The highest BCUT2D eigenvalue weighted by Gasteiger charge is 2.38. The zero-order chi connectivity index (χ0) is 18.8. The molecule has 1 N–H and O–H groups in total. The van der Waals surface area contributed by atoms with Crippen LogP contribution in [0.25, 0.3) is 5.57 Å². The molecule has 0 aromatic heterocycles. The van der Waals surface area contributed by atoms with Gasteiger partial charge in [-0.05, 0) is 55.7 Å². The summed E-state index contributed by atoms with van der Waals surface area (Å²) in [6, 6.07) is 13.1. The van der Waals surface area contributed by atoms with Gasteiger partial charge in [-0.3, -0.25) is 14.5 Å². The van der Waals surface area contributed by atoms with Crippen molar-refractivity contribution in [1.29, 1.82) is 0 Å². The first-order chi connectivity index (χ1) is 12.5. The van der Waals surface area contributed by atoms with Crippen LogP contribution in [0.15, 0.2) is 48.2 Å². The predicted octanol–water partition coefficient (Wildman–Crippen LogP) is 3.52. The molecule has 0 fully saturated rings. The van der Waals surface area contributed by atoms with E-state index in [0.717, 1.165) is 16.8 Å². The fourth-order valence-electron chi connectivity index (χ4n) is 3.01. The number of nitrogens with one attached hydrogen (secondary N) is 1. The Labute approximate surface area is 153 Å². The van der Waals surface area contributed by atoms with Gasteiger partial charge in [0.05, 0.1) is 12.7 Å². The van der Waals surface area contributed by atoms with Gasteiger partial charge in [0.25, 0.3) is 11.8 Å². The van der Waals surface area contributed by atoms with Crippen molar-refractivity contribution in [2.45, 2.75) is 20.8 Å². The van der Waals surface area contributed by atoms with Crippen LogP contribution in [0.5, 0.6) is 5.75 Å². The first kappa shape index (κ1) is 17.7. The van der Waals surface area contributed by atoms with Crippen LogP contribution in [0.1, 0.15) is 23.6 Å². The Morgan fingerprint density at radius 1 is 1.00 bits per heavy atom. The van der Waals surface area contributed by atoms with Crippen molar-refractivity contribution in [3.63, 3.8) is 0 Å². The minimum Gasteiger partial charge on any atom is -0.497 e. The Bertz CT molecular complexity index is 898. The van der Waals surface area contributed by atoms with E-state index in [0.29, 0.717) is 29.1 Å². The number of amides is 2. The lowest BCUT2D eigenvalue weighted by Crippen LogP contribution is -2.32. The molecule has 5 heteroatoms. The zero-order valence-electron chi connectivity index (χ0n) is 15.4. The number of carbonyl (C=O) groups excluding carboxylic acids is 2. The Kier molecular flexibility index (Phi) is 4.80. The highest BCUT2D eigenvalue weighted by atomic mass is 16.5. The van der Waals surface area contributed by atoms with E-state index >= 15 is 0 Å². The van der Waals surface area contributed by atoms with Crippen molar-refractivity contribution in [2.75, 3.05) is 19.0 Å². The lowest BCUT2D eigenvalue weighted by molar-refractivity contribution is -0.136. The number of rotatable bonds is 5. The lowest BCUT2D eigenvalue weighted by atomic mass is 10.0. The van der Waals surface area contributed by atoms with Crippen LogP contribution in [-0.2, 0) is 9.59 Å². The van der Waals surface area contributed by atoms with Crippen molar-refractivity contribution >= 4 is 23.1 Å². The second-order valence-corrected chi connectivity index (χ2v) is 6.28. The van der Waals surface area contributed by atoms with Gasteiger partial charge in [-0.2, -0.15) is 0 Å². The number of methoxy groups -OCH3 is 1. The third kappa shape index (κ3) is 3.08. The van der Waals surface area contributed by atoms with Crippen molar-refractivity contribution in [3.05, 3.63) is 64.9 Å². The average molecular weight is 350 g/mol. The molecule has 0 aliphatic carbocycles. The Hall–Kier alpha value is -3.08. The highest BCUT2D eigenvalue weighted by Crippen LogP contribution is 2.32. The molecule has 0 saturated heterocycles. The molecular formula is C21H22N2O3. The summed E-state index contributed by atoms with van der Waals surface area (Å²) in [5, 5.41) is 3.21. The van der Waals surface area contributed by atoms with Gasteiger partial charge in [-0.15, -0.1) is 0 Å². The summed E-state index contributed by atoms with van der Waals surface area (Å²) in [6.07, 6.45) is 0. The largest absolute Gasteiger partial charge is 0.497 e. The van der Waals surface area contributed by atoms with Crippen LogP contribution < -0.4 is 10.1 Å². The zero-order valence-corrected chi connectivity index (χ0v) is 15.4. The van der Waals surface area contributed by atoms with Gasteiger partial charge in [-0.1, -0.05) is 24.3 Å². The maximum absolute atomic E-state index is 12.8. The molecule has 1 aliphatic heterocycles. The van der Waals surface area contributed by atoms with Gasteiger partial charge in [-0.25, -0.2) is 0 Å². The number of benzene rings is 2. The minimum absolute atomic E-state index is 0.282. The molecule has 134 valence electrons. The number of imide groups is 1. The minimum atomic E-state index is -0.302. The Balaban J connectivity index is 2.10. The SMILES string of the molecule is CCN1C(=O)C(Nc2cc(C)ccc2C)=C(c2ccc(OC)cc2)C1=O. The van der Waals surface area contributed by atoms with Gasteiger partial charge < -0.3 is 10.1 Å². The maximum atomic E-state index is 12.8. The summed E-state index contributed by atoms with van der Waals surface area (Å²) in [7, 11) is 1.59. The fraction of sp³-hybridized carbons (Fsp3) is 0.238. The molecule has 0 unspecified atom stereocenters. The number of likely N-dealkylation sites (N-methyl/N-ethyl adjacent to an activating group) is 1. The number of aryl methyl sites for hydroxylation is 2. The molecule has 0 bridgehead atoms. The molecule has 0 atom stereocenters. The highest BCUT2D eigenvalue weighted by molar-refractivity contribution is 6.36. The molecule has 2 amide bonds. The normalized spacial score (nSPS) is 14.2. The van der Waals surface area contributed by atoms with E-state index in [-0.39, 0.29) is 11.8 Å². The molecule has 2 aromatic carbocycles. The van der Waals surface area contributed by atoms with E-state index in [1.807, 2.05) is 32.0 Å². The molecule has 1 aliphatic rings. The van der Waals surface area contributed by atoms with Gasteiger partial charge >= 0.3 is 0 Å². The van der Waals surface area contributed by atoms with Crippen LogP contribution in [0.4, 0.5) is 5.69 Å². The quantitative estimate of drug-likeness (QED) is 0.838. The van der Waals surface area contributed by atoms with Crippen molar-refractivity contribution in [3.8, 4) is 5.75 Å². The van der Waals surface area contributed by atoms with Crippen LogP contribution in [-0.4, -0.2) is 30.4 Å². The first-order valence-corrected chi connectivity index (χ1v) is 8.55. The maximum Gasteiger partial charge on any atom is 0.278 e. The van der Waals surface area contributed by atoms with Crippen LogP contribution in [0.3, 0.4) is 0 Å². The molecule has 5 nitrogen and oxygen atoms in total. The second kappa shape index (κ2) is 7.04. The van der Waals surface area contributed by atoms with Crippen LogP contribution >= 0.6 is 0 Å². The van der Waals surface area contributed by atoms with E-state index < -0.39 is 0 Å². The average Bonchev–Trinajstić information content (AvgIpc) is 2.88. The van der Waals surface area contributed by atoms with E-state index in [1.165, 1.54) is 4.90 Å². The molecule has 26 heavy (non-hydrogen) atoms. The summed E-state index contributed by atoms with van der Waals surface area (Å²) < 4.78 is 5.18. The van der Waals surface area contributed by atoms with E-state index in [9.17, 15) is 9.59 Å². The first-order valence-electron chi connectivity index (χ1n) is 8.55. The number of ether oxygens (including phenoxy) is 1. The lowest BCUT2D eigenvalue weighted by Gasteiger charge is -2.13. The van der Waals surface area contributed by atoms with Crippen molar-refractivity contribution in [2.24, 2.45) is 0 Å². The number of anilines is 1. The number of carbonyl (C=O) groups is 2. The summed E-state index contributed by atoms with van der Waals surface area (Å²) in [5.41, 5.74) is 4.30. The monoisotopic (exact) mass is 350 g/mol. The smallest absolute Gasteiger partial charge is 0.278 e. The van der Waals surface area contributed by atoms with Gasteiger partial charge in [0.15, 0.2) is 0 Å².